The number of rotatable bonds is 8. The Balaban J connectivity index is 2.28. The van der Waals surface area contributed by atoms with E-state index in [4.69, 9.17) is 9.47 Å². The van der Waals surface area contributed by atoms with E-state index in [2.05, 4.69) is 0 Å². The highest BCUT2D eigenvalue weighted by atomic mass is 32.2. The van der Waals surface area contributed by atoms with Crippen molar-refractivity contribution < 1.29 is 22.7 Å². The van der Waals surface area contributed by atoms with Gasteiger partial charge in [-0.05, 0) is 0 Å². The molecule has 0 unspecified atom stereocenters. The number of carbonyl (C=O) groups excluding carboxylic acids is 1. The normalized spacial score (nSPS) is 17.9. The summed E-state index contributed by atoms with van der Waals surface area (Å²) in [5.41, 5.74) is 0. The standard InChI is InChI=1S/C10H20N2O5S/c1-16-6-7-17-8-9-18(14,15)12-4-2-11(10-13)3-5-12/h10H,2-9H2,1H3. The van der Waals surface area contributed by atoms with Gasteiger partial charge in [-0.3, -0.25) is 4.79 Å². The molecule has 0 aliphatic carbocycles. The molecule has 1 aliphatic heterocycles. The molecule has 7 nitrogen and oxygen atoms in total. The summed E-state index contributed by atoms with van der Waals surface area (Å²) in [7, 11) is -1.72. The van der Waals surface area contributed by atoms with Gasteiger partial charge in [-0.25, -0.2) is 8.42 Å². The number of amides is 1. The summed E-state index contributed by atoms with van der Waals surface area (Å²) in [6.07, 6.45) is 0.748. The van der Waals surface area contributed by atoms with E-state index in [1.165, 1.54) is 4.31 Å². The monoisotopic (exact) mass is 280 g/mol. The SMILES string of the molecule is COCCOCCS(=O)(=O)N1CCN(C=O)CC1. The number of methoxy groups -OCH3 is 1. The van der Waals surface area contributed by atoms with Crippen LogP contribution in [-0.2, 0) is 24.3 Å². The highest BCUT2D eigenvalue weighted by Crippen LogP contribution is 2.06. The van der Waals surface area contributed by atoms with Crippen molar-refractivity contribution in [2.24, 2.45) is 0 Å². The molecule has 1 amide bonds. The highest BCUT2D eigenvalue weighted by molar-refractivity contribution is 7.89. The van der Waals surface area contributed by atoms with Crippen molar-refractivity contribution in [3.05, 3.63) is 0 Å². The molecule has 0 atom stereocenters. The van der Waals surface area contributed by atoms with Crippen LogP contribution in [0, 0.1) is 0 Å². The van der Waals surface area contributed by atoms with Crippen LogP contribution in [0.3, 0.4) is 0 Å². The second-order valence-electron chi connectivity index (χ2n) is 3.96. The van der Waals surface area contributed by atoms with Crippen molar-refractivity contribution in [1.82, 2.24) is 9.21 Å². The largest absolute Gasteiger partial charge is 0.382 e. The van der Waals surface area contributed by atoms with Gasteiger partial charge in [0, 0.05) is 33.3 Å². The smallest absolute Gasteiger partial charge is 0.216 e. The molecule has 1 heterocycles. The number of hydrogen-bond donors (Lipinski definition) is 0. The maximum Gasteiger partial charge on any atom is 0.216 e. The fraction of sp³-hybridized carbons (Fsp3) is 0.900. The number of nitrogens with zero attached hydrogens (tertiary/aromatic N) is 2. The molecule has 0 aromatic rings. The molecule has 0 aromatic carbocycles. The Morgan fingerprint density at radius 3 is 2.33 bits per heavy atom. The quantitative estimate of drug-likeness (QED) is 0.410. The molecule has 0 spiro atoms. The van der Waals surface area contributed by atoms with E-state index >= 15 is 0 Å². The first-order chi connectivity index (χ1) is 8.60. The van der Waals surface area contributed by atoms with Crippen LogP contribution in [0.25, 0.3) is 0 Å². The molecule has 1 aliphatic rings. The van der Waals surface area contributed by atoms with Crippen LogP contribution >= 0.6 is 0 Å². The molecule has 0 N–H and O–H groups in total. The van der Waals surface area contributed by atoms with Crippen molar-refractivity contribution in [3.63, 3.8) is 0 Å². The zero-order valence-electron chi connectivity index (χ0n) is 10.6. The lowest BCUT2D eigenvalue weighted by atomic mass is 10.4. The molecule has 1 saturated heterocycles. The summed E-state index contributed by atoms with van der Waals surface area (Å²) in [5, 5.41) is 0. The number of carbonyl (C=O) groups is 1. The van der Waals surface area contributed by atoms with Gasteiger partial charge in [-0.1, -0.05) is 0 Å². The topological polar surface area (TPSA) is 76.2 Å². The summed E-state index contributed by atoms with van der Waals surface area (Å²) in [6.45, 7) is 2.64. The summed E-state index contributed by atoms with van der Waals surface area (Å²) in [4.78, 5) is 12.1. The number of piperazine rings is 1. The van der Waals surface area contributed by atoms with Gasteiger partial charge < -0.3 is 14.4 Å². The molecule has 1 rings (SSSR count). The predicted molar refractivity (Wildman–Crippen MR) is 65.7 cm³/mol. The third-order valence-corrected chi connectivity index (χ3v) is 4.57. The minimum atomic E-state index is -3.28. The molecule has 0 saturated carbocycles. The number of sulfonamides is 1. The molecular formula is C10H20N2O5S. The van der Waals surface area contributed by atoms with Crippen molar-refractivity contribution >= 4 is 16.4 Å². The molecule has 0 radical (unpaired) electrons. The van der Waals surface area contributed by atoms with Crippen LogP contribution in [-0.4, -0.2) is 82.9 Å². The molecule has 106 valence electrons. The third kappa shape index (κ3) is 4.89. The molecule has 1 fully saturated rings. The minimum Gasteiger partial charge on any atom is -0.382 e. The van der Waals surface area contributed by atoms with Gasteiger partial charge in [0.1, 0.15) is 0 Å². The van der Waals surface area contributed by atoms with Crippen molar-refractivity contribution in [1.29, 1.82) is 0 Å². The Labute approximate surface area is 108 Å². The Bertz CT molecular complexity index is 338. The lowest BCUT2D eigenvalue weighted by Crippen LogP contribution is -2.49. The van der Waals surface area contributed by atoms with Gasteiger partial charge in [-0.15, -0.1) is 0 Å². The summed E-state index contributed by atoms with van der Waals surface area (Å²) in [6, 6.07) is 0. The van der Waals surface area contributed by atoms with Crippen LogP contribution < -0.4 is 0 Å². The Hall–Kier alpha value is -0.700. The van der Waals surface area contributed by atoms with Crippen LogP contribution in [0.5, 0.6) is 0 Å². The lowest BCUT2D eigenvalue weighted by molar-refractivity contribution is -0.119. The first-order valence-electron chi connectivity index (χ1n) is 5.84. The van der Waals surface area contributed by atoms with Gasteiger partial charge in [0.2, 0.25) is 16.4 Å². The number of hydrogen-bond acceptors (Lipinski definition) is 5. The predicted octanol–water partition coefficient (Wildman–Crippen LogP) is -1.25. The molecule has 18 heavy (non-hydrogen) atoms. The van der Waals surface area contributed by atoms with E-state index in [9.17, 15) is 13.2 Å². The van der Waals surface area contributed by atoms with Crippen molar-refractivity contribution in [3.8, 4) is 0 Å². The van der Waals surface area contributed by atoms with Crippen LogP contribution in [0.1, 0.15) is 0 Å². The highest BCUT2D eigenvalue weighted by Gasteiger charge is 2.25. The van der Waals surface area contributed by atoms with Crippen LogP contribution in [0.4, 0.5) is 0 Å². The fourth-order valence-electron chi connectivity index (χ4n) is 1.62. The van der Waals surface area contributed by atoms with Gasteiger partial charge >= 0.3 is 0 Å². The Morgan fingerprint density at radius 1 is 1.11 bits per heavy atom. The molecule has 8 heteroatoms. The minimum absolute atomic E-state index is 0.0300. The summed E-state index contributed by atoms with van der Waals surface area (Å²) < 4.78 is 35.2. The fourth-order valence-corrected chi connectivity index (χ4v) is 2.93. The lowest BCUT2D eigenvalue weighted by Gasteiger charge is -2.31. The number of ether oxygens (including phenoxy) is 2. The van der Waals surface area contributed by atoms with Crippen molar-refractivity contribution in [2.75, 3.05) is 58.9 Å². The average Bonchev–Trinajstić information content (AvgIpc) is 2.38. The van der Waals surface area contributed by atoms with E-state index in [0.29, 0.717) is 39.4 Å². The molecule has 0 bridgehead atoms. The van der Waals surface area contributed by atoms with Gasteiger partial charge in [0.05, 0.1) is 25.6 Å². The van der Waals surface area contributed by atoms with Crippen LogP contribution in [0.15, 0.2) is 0 Å². The third-order valence-electron chi connectivity index (χ3n) is 2.73. The first-order valence-corrected chi connectivity index (χ1v) is 7.45. The Morgan fingerprint density at radius 2 is 1.78 bits per heavy atom. The summed E-state index contributed by atoms with van der Waals surface area (Å²) >= 11 is 0. The van der Waals surface area contributed by atoms with Gasteiger partial charge in [0.25, 0.3) is 0 Å². The van der Waals surface area contributed by atoms with E-state index in [-0.39, 0.29) is 12.4 Å². The molecular weight excluding hydrogens is 260 g/mol. The maximum absolute atomic E-state index is 11.9. The van der Waals surface area contributed by atoms with Gasteiger partial charge in [0.15, 0.2) is 0 Å². The average molecular weight is 280 g/mol. The maximum atomic E-state index is 11.9. The summed E-state index contributed by atoms with van der Waals surface area (Å²) in [5.74, 6) is -0.0300. The zero-order valence-corrected chi connectivity index (χ0v) is 11.4. The van der Waals surface area contributed by atoms with E-state index < -0.39 is 10.0 Å². The zero-order chi connectivity index (χ0) is 13.4. The molecule has 0 aromatic heterocycles. The van der Waals surface area contributed by atoms with Crippen LogP contribution in [0.2, 0.25) is 0 Å². The second-order valence-corrected chi connectivity index (χ2v) is 6.05. The van der Waals surface area contributed by atoms with E-state index in [0.717, 1.165) is 6.41 Å². The van der Waals surface area contributed by atoms with E-state index in [1.54, 1.807) is 12.0 Å². The van der Waals surface area contributed by atoms with E-state index in [1.807, 2.05) is 0 Å². The first kappa shape index (κ1) is 15.4. The van der Waals surface area contributed by atoms with Crippen molar-refractivity contribution in [2.45, 2.75) is 0 Å². The Kier molecular flexibility index (Phi) is 6.55. The van der Waals surface area contributed by atoms with Gasteiger partial charge in [-0.2, -0.15) is 4.31 Å². The second kappa shape index (κ2) is 7.67.